The van der Waals surface area contributed by atoms with Crippen LogP contribution in [-0.2, 0) is 17.8 Å². The Morgan fingerprint density at radius 2 is 2.11 bits per heavy atom. The first-order valence-electron chi connectivity index (χ1n) is 5.62. The fourth-order valence-electron chi connectivity index (χ4n) is 1.49. The van der Waals surface area contributed by atoms with Crippen LogP contribution in [0.2, 0.25) is 0 Å². The lowest BCUT2D eigenvalue weighted by atomic mass is 10.2. The molecule has 0 spiro atoms. The summed E-state index contributed by atoms with van der Waals surface area (Å²) in [7, 11) is 0. The summed E-state index contributed by atoms with van der Waals surface area (Å²) in [4.78, 5) is 15.7. The van der Waals surface area contributed by atoms with Gasteiger partial charge in [0.15, 0.2) is 0 Å². The minimum atomic E-state index is -0.270. The van der Waals surface area contributed by atoms with Gasteiger partial charge in [0, 0.05) is 18.3 Å². The van der Waals surface area contributed by atoms with Crippen LogP contribution in [0.5, 0.6) is 0 Å². The number of carbonyl (C=O) groups excluding carboxylic acids is 1. The van der Waals surface area contributed by atoms with Gasteiger partial charge in [0.2, 0.25) is 5.91 Å². The van der Waals surface area contributed by atoms with Crippen LogP contribution < -0.4 is 5.32 Å². The molecule has 0 aliphatic heterocycles. The highest BCUT2D eigenvalue weighted by Gasteiger charge is 2.03. The summed E-state index contributed by atoms with van der Waals surface area (Å²) in [5.41, 5.74) is 3.58. The van der Waals surface area contributed by atoms with Gasteiger partial charge in [-0.2, -0.15) is 0 Å². The maximum atomic E-state index is 12.7. The monoisotopic (exact) mass is 264 g/mol. The van der Waals surface area contributed by atoms with Gasteiger partial charge >= 0.3 is 0 Å². The lowest BCUT2D eigenvalue weighted by molar-refractivity contribution is -0.121. The fraction of sp³-hybridized carbons (Fsp3) is 0.231. The smallest absolute Gasteiger partial charge is 0.220 e. The molecule has 3 nitrogen and oxygen atoms in total. The number of rotatable bonds is 5. The summed E-state index contributed by atoms with van der Waals surface area (Å²) >= 11 is 1.52. The van der Waals surface area contributed by atoms with Gasteiger partial charge in [0.1, 0.15) is 5.82 Å². The Kier molecular flexibility index (Phi) is 4.41. The Morgan fingerprint density at radius 1 is 1.33 bits per heavy atom. The first kappa shape index (κ1) is 12.7. The summed E-state index contributed by atoms with van der Waals surface area (Å²) in [6.45, 7) is 0.427. The molecule has 0 aliphatic carbocycles. The van der Waals surface area contributed by atoms with Gasteiger partial charge in [-0.25, -0.2) is 9.37 Å². The Balaban J connectivity index is 1.73. The van der Waals surface area contributed by atoms with E-state index >= 15 is 0 Å². The first-order valence-corrected chi connectivity index (χ1v) is 6.56. The third-order valence-corrected chi connectivity index (χ3v) is 3.13. The van der Waals surface area contributed by atoms with E-state index in [2.05, 4.69) is 10.3 Å². The van der Waals surface area contributed by atoms with E-state index in [0.717, 1.165) is 11.3 Å². The second-order valence-corrected chi connectivity index (χ2v) is 4.60. The van der Waals surface area contributed by atoms with Gasteiger partial charge in [-0.15, -0.1) is 11.3 Å². The van der Waals surface area contributed by atoms with Crippen molar-refractivity contribution in [2.24, 2.45) is 0 Å². The van der Waals surface area contributed by atoms with Crippen LogP contribution >= 0.6 is 11.3 Å². The number of nitrogens with one attached hydrogen (secondary N) is 1. The van der Waals surface area contributed by atoms with E-state index in [1.54, 1.807) is 17.6 Å². The predicted octanol–water partition coefficient (Wildman–Crippen LogP) is 2.53. The number of nitrogens with zero attached hydrogens (tertiary/aromatic N) is 1. The average Bonchev–Trinajstić information content (AvgIpc) is 2.89. The maximum Gasteiger partial charge on any atom is 0.220 e. The topological polar surface area (TPSA) is 42.0 Å². The second-order valence-electron chi connectivity index (χ2n) is 3.88. The molecule has 0 saturated carbocycles. The molecule has 2 rings (SSSR count). The molecule has 0 fully saturated rings. The summed E-state index contributed by atoms with van der Waals surface area (Å²) < 4.78 is 12.7. The minimum absolute atomic E-state index is 0.0210. The average molecular weight is 264 g/mol. The normalized spacial score (nSPS) is 10.3. The van der Waals surface area contributed by atoms with Crippen LogP contribution in [0.15, 0.2) is 35.2 Å². The van der Waals surface area contributed by atoms with Crippen LogP contribution in [0.4, 0.5) is 4.39 Å². The molecular weight excluding hydrogens is 251 g/mol. The Hall–Kier alpha value is -1.75. The zero-order valence-electron chi connectivity index (χ0n) is 9.73. The molecule has 0 saturated heterocycles. The van der Waals surface area contributed by atoms with Crippen LogP contribution in [0.3, 0.4) is 0 Å². The van der Waals surface area contributed by atoms with Crippen molar-refractivity contribution >= 4 is 17.2 Å². The Morgan fingerprint density at radius 3 is 2.78 bits per heavy atom. The standard InChI is InChI=1S/C13H13FN2OS/c14-11-3-1-10(2-4-11)7-15-13(17)6-5-12-8-18-9-16-12/h1-4,8-9H,5-7H2,(H,15,17). The number of hydrogen-bond acceptors (Lipinski definition) is 3. The summed E-state index contributed by atoms with van der Waals surface area (Å²) in [6, 6.07) is 6.10. The number of hydrogen-bond donors (Lipinski definition) is 1. The van der Waals surface area contributed by atoms with E-state index in [4.69, 9.17) is 0 Å². The van der Waals surface area contributed by atoms with Crippen molar-refractivity contribution in [2.45, 2.75) is 19.4 Å². The van der Waals surface area contributed by atoms with Gasteiger partial charge in [0.05, 0.1) is 11.2 Å². The van der Waals surface area contributed by atoms with Crippen LogP contribution in [0.25, 0.3) is 0 Å². The molecule has 1 heterocycles. The highest BCUT2D eigenvalue weighted by Crippen LogP contribution is 2.05. The third-order valence-electron chi connectivity index (χ3n) is 2.49. The van der Waals surface area contributed by atoms with Gasteiger partial charge in [-0.05, 0) is 24.1 Å². The molecule has 0 unspecified atom stereocenters. The number of halogens is 1. The molecule has 1 aromatic carbocycles. The van der Waals surface area contributed by atoms with Crippen LogP contribution in [-0.4, -0.2) is 10.9 Å². The lowest BCUT2D eigenvalue weighted by Crippen LogP contribution is -2.23. The lowest BCUT2D eigenvalue weighted by Gasteiger charge is -2.04. The third kappa shape index (κ3) is 3.92. The molecule has 0 atom stereocenters. The van der Waals surface area contributed by atoms with E-state index in [0.29, 0.717) is 19.4 Å². The molecule has 0 radical (unpaired) electrons. The van der Waals surface area contributed by atoms with Crippen molar-refractivity contribution in [1.82, 2.24) is 10.3 Å². The molecular formula is C13H13FN2OS. The van der Waals surface area contributed by atoms with Gasteiger partial charge in [-0.1, -0.05) is 12.1 Å². The van der Waals surface area contributed by atoms with Crippen LogP contribution in [0.1, 0.15) is 17.7 Å². The van der Waals surface area contributed by atoms with Crippen molar-refractivity contribution < 1.29 is 9.18 Å². The van der Waals surface area contributed by atoms with Crippen molar-refractivity contribution in [3.8, 4) is 0 Å². The van der Waals surface area contributed by atoms with Gasteiger partial charge < -0.3 is 5.32 Å². The highest BCUT2D eigenvalue weighted by molar-refractivity contribution is 7.07. The van der Waals surface area contributed by atoms with Gasteiger partial charge in [0.25, 0.3) is 0 Å². The van der Waals surface area contributed by atoms with E-state index in [1.165, 1.54) is 23.5 Å². The first-order chi connectivity index (χ1) is 8.74. The molecule has 0 aliphatic rings. The zero-order chi connectivity index (χ0) is 12.8. The highest BCUT2D eigenvalue weighted by atomic mass is 32.1. The molecule has 5 heteroatoms. The van der Waals surface area contributed by atoms with Gasteiger partial charge in [-0.3, -0.25) is 4.79 Å². The zero-order valence-corrected chi connectivity index (χ0v) is 10.5. The number of aromatic nitrogens is 1. The number of carbonyl (C=O) groups is 1. The second kappa shape index (κ2) is 6.26. The summed E-state index contributed by atoms with van der Waals surface area (Å²) in [6.07, 6.45) is 1.07. The molecule has 94 valence electrons. The molecule has 18 heavy (non-hydrogen) atoms. The predicted molar refractivity (Wildman–Crippen MR) is 68.7 cm³/mol. The molecule has 1 amide bonds. The molecule has 1 aromatic heterocycles. The van der Waals surface area contributed by atoms with Crippen LogP contribution in [0, 0.1) is 5.82 Å². The summed E-state index contributed by atoms with van der Waals surface area (Å²) in [5, 5.41) is 4.73. The van der Waals surface area contributed by atoms with Crippen molar-refractivity contribution in [2.75, 3.05) is 0 Å². The molecule has 2 aromatic rings. The number of thiazole rings is 1. The maximum absolute atomic E-state index is 12.7. The van der Waals surface area contributed by atoms with E-state index in [-0.39, 0.29) is 11.7 Å². The van der Waals surface area contributed by atoms with Crippen molar-refractivity contribution in [1.29, 1.82) is 0 Å². The quantitative estimate of drug-likeness (QED) is 0.901. The molecule has 1 N–H and O–H groups in total. The number of aryl methyl sites for hydroxylation is 1. The number of amides is 1. The van der Waals surface area contributed by atoms with E-state index in [1.807, 2.05) is 5.38 Å². The number of benzene rings is 1. The summed E-state index contributed by atoms with van der Waals surface area (Å²) in [5.74, 6) is -0.291. The minimum Gasteiger partial charge on any atom is -0.352 e. The Bertz CT molecular complexity index is 496. The Labute approximate surface area is 109 Å². The largest absolute Gasteiger partial charge is 0.352 e. The van der Waals surface area contributed by atoms with E-state index < -0.39 is 0 Å². The fourth-order valence-corrected chi connectivity index (χ4v) is 2.09. The van der Waals surface area contributed by atoms with E-state index in [9.17, 15) is 9.18 Å². The van der Waals surface area contributed by atoms with Crippen molar-refractivity contribution in [3.05, 3.63) is 52.2 Å². The molecule has 0 bridgehead atoms. The SMILES string of the molecule is O=C(CCc1cscn1)NCc1ccc(F)cc1. The van der Waals surface area contributed by atoms with Crippen molar-refractivity contribution in [3.63, 3.8) is 0 Å².